The molecule has 0 saturated carbocycles. The van der Waals surface area contributed by atoms with Crippen molar-refractivity contribution in [3.05, 3.63) is 35.9 Å². The van der Waals surface area contributed by atoms with Crippen molar-refractivity contribution >= 4 is 47.4 Å². The van der Waals surface area contributed by atoms with E-state index in [0.717, 1.165) is 11.8 Å². The quantitative estimate of drug-likeness (QED) is 0.397. The zero-order valence-electron chi connectivity index (χ0n) is 17.9. The highest BCUT2D eigenvalue weighted by Gasteiger charge is 2.27. The Morgan fingerprint density at radius 2 is 1.57 bits per heavy atom. The number of thioether (sulfide) groups is 2. The van der Waals surface area contributed by atoms with Gasteiger partial charge in [0.15, 0.2) is 5.78 Å². The first-order valence-corrected chi connectivity index (χ1v) is 12.8. The van der Waals surface area contributed by atoms with Crippen LogP contribution in [0.15, 0.2) is 30.3 Å². The molecule has 3 atom stereocenters. The molecule has 0 radical (unpaired) electrons. The smallest absolute Gasteiger partial charge is 0.243 e. The Labute approximate surface area is 187 Å². The summed E-state index contributed by atoms with van der Waals surface area (Å²) in [6.07, 6.45) is 6.22. The predicted octanol–water partition coefficient (Wildman–Crippen LogP) is 2.50. The van der Waals surface area contributed by atoms with Crippen LogP contribution in [0.1, 0.15) is 31.7 Å². The van der Waals surface area contributed by atoms with Crippen molar-refractivity contribution in [3.63, 3.8) is 0 Å². The zero-order valence-corrected chi connectivity index (χ0v) is 19.5. The maximum absolute atomic E-state index is 12.9. The average Bonchev–Trinajstić information content (AvgIpc) is 2.73. The number of carbonyl (C=O) groups excluding carboxylic acids is 4. The average molecular weight is 453 g/mol. The summed E-state index contributed by atoms with van der Waals surface area (Å²) < 4.78 is 0. The summed E-state index contributed by atoms with van der Waals surface area (Å²) in [7, 11) is 0. The Kier molecular flexibility index (Phi) is 13.2. The van der Waals surface area contributed by atoms with Crippen LogP contribution in [0, 0.1) is 5.92 Å². The molecule has 0 saturated heterocycles. The summed E-state index contributed by atoms with van der Waals surface area (Å²) in [6, 6.07) is 8.21. The van der Waals surface area contributed by atoms with Crippen molar-refractivity contribution in [2.24, 2.45) is 5.92 Å². The van der Waals surface area contributed by atoms with E-state index in [1.807, 2.05) is 42.8 Å². The van der Waals surface area contributed by atoms with Crippen LogP contribution in [0.25, 0.3) is 0 Å². The van der Waals surface area contributed by atoms with Crippen molar-refractivity contribution in [1.82, 2.24) is 10.6 Å². The molecule has 1 aromatic rings. The van der Waals surface area contributed by atoms with Crippen LogP contribution in [0.5, 0.6) is 0 Å². The molecule has 166 valence electrons. The van der Waals surface area contributed by atoms with Gasteiger partial charge in [-0.25, -0.2) is 0 Å². The number of carbonyl (C=O) groups is 4. The Bertz CT molecular complexity index is 685. The van der Waals surface area contributed by atoms with Crippen molar-refractivity contribution in [2.45, 2.75) is 44.7 Å². The third kappa shape index (κ3) is 10.3. The van der Waals surface area contributed by atoms with Gasteiger partial charge in [0, 0.05) is 19.3 Å². The van der Waals surface area contributed by atoms with Crippen LogP contribution in [-0.4, -0.2) is 60.0 Å². The van der Waals surface area contributed by atoms with Gasteiger partial charge >= 0.3 is 0 Å². The number of amides is 2. The minimum atomic E-state index is -0.675. The molecule has 0 aliphatic heterocycles. The third-order valence-corrected chi connectivity index (χ3v) is 5.90. The van der Waals surface area contributed by atoms with Crippen LogP contribution in [0.4, 0.5) is 0 Å². The van der Waals surface area contributed by atoms with Gasteiger partial charge in [-0.15, -0.1) is 0 Å². The zero-order chi connectivity index (χ0) is 22.4. The van der Waals surface area contributed by atoms with E-state index in [9.17, 15) is 19.2 Å². The molecule has 6 nitrogen and oxygen atoms in total. The first kappa shape index (κ1) is 26.2. The molecule has 0 aromatic heterocycles. The van der Waals surface area contributed by atoms with Crippen molar-refractivity contribution in [2.75, 3.05) is 24.0 Å². The van der Waals surface area contributed by atoms with Gasteiger partial charge in [0.2, 0.25) is 11.8 Å². The molecule has 0 heterocycles. The SMILES string of the molecule is CSCC[C@H](NC(=O)[C@H](CCSC)NC(C)=O)C(=O)C[C@H](C=O)Cc1ccccc1. The largest absolute Gasteiger partial charge is 0.345 e. The monoisotopic (exact) mass is 452 g/mol. The van der Waals surface area contributed by atoms with Crippen molar-refractivity contribution in [3.8, 4) is 0 Å². The lowest BCUT2D eigenvalue weighted by Gasteiger charge is -2.23. The van der Waals surface area contributed by atoms with E-state index in [0.29, 0.717) is 30.8 Å². The molecule has 0 unspecified atom stereocenters. The normalized spacial score (nSPS) is 13.7. The molecule has 30 heavy (non-hydrogen) atoms. The number of Topliss-reactive ketones (excluding diaryl/α,β-unsaturated/α-hetero) is 1. The van der Waals surface area contributed by atoms with Gasteiger partial charge in [-0.3, -0.25) is 14.4 Å². The van der Waals surface area contributed by atoms with Gasteiger partial charge in [-0.1, -0.05) is 30.3 Å². The first-order valence-electron chi connectivity index (χ1n) is 9.98. The van der Waals surface area contributed by atoms with E-state index in [2.05, 4.69) is 10.6 Å². The summed E-state index contributed by atoms with van der Waals surface area (Å²) in [4.78, 5) is 48.7. The van der Waals surface area contributed by atoms with Crippen LogP contribution >= 0.6 is 23.5 Å². The van der Waals surface area contributed by atoms with Crippen LogP contribution in [-0.2, 0) is 25.6 Å². The summed E-state index contributed by atoms with van der Waals surface area (Å²) in [5.41, 5.74) is 0.995. The highest BCUT2D eigenvalue weighted by Crippen LogP contribution is 2.14. The van der Waals surface area contributed by atoms with Gasteiger partial charge in [0.1, 0.15) is 12.3 Å². The number of nitrogens with one attached hydrogen (secondary N) is 2. The Morgan fingerprint density at radius 3 is 2.10 bits per heavy atom. The maximum atomic E-state index is 12.9. The van der Waals surface area contributed by atoms with Gasteiger partial charge in [-0.05, 0) is 48.8 Å². The topological polar surface area (TPSA) is 92.3 Å². The lowest BCUT2D eigenvalue weighted by atomic mass is 9.92. The highest BCUT2D eigenvalue weighted by molar-refractivity contribution is 7.98. The van der Waals surface area contributed by atoms with Gasteiger partial charge in [0.05, 0.1) is 6.04 Å². The number of ketones is 1. The molecule has 1 aromatic carbocycles. The van der Waals surface area contributed by atoms with E-state index < -0.39 is 18.0 Å². The molecule has 0 fully saturated rings. The summed E-state index contributed by atoms with van der Waals surface area (Å²) in [5, 5.41) is 5.48. The van der Waals surface area contributed by atoms with E-state index >= 15 is 0 Å². The number of rotatable bonds is 15. The third-order valence-electron chi connectivity index (χ3n) is 4.62. The molecule has 0 aliphatic carbocycles. The maximum Gasteiger partial charge on any atom is 0.243 e. The van der Waals surface area contributed by atoms with Crippen LogP contribution in [0.3, 0.4) is 0 Å². The lowest BCUT2D eigenvalue weighted by molar-refractivity contribution is -0.131. The number of hydrogen-bond acceptors (Lipinski definition) is 6. The van der Waals surface area contributed by atoms with E-state index in [1.165, 1.54) is 6.92 Å². The molecule has 0 bridgehead atoms. The fourth-order valence-corrected chi connectivity index (χ4v) is 4.00. The number of benzene rings is 1. The molecule has 2 amide bonds. The molecule has 0 spiro atoms. The van der Waals surface area contributed by atoms with Crippen LogP contribution in [0.2, 0.25) is 0 Å². The molecule has 1 rings (SSSR count). The fraction of sp³-hybridized carbons (Fsp3) is 0.545. The predicted molar refractivity (Wildman–Crippen MR) is 125 cm³/mol. The summed E-state index contributed by atoms with van der Waals surface area (Å²) in [6.45, 7) is 1.37. The molecular weight excluding hydrogens is 420 g/mol. The molecule has 8 heteroatoms. The van der Waals surface area contributed by atoms with E-state index in [1.54, 1.807) is 23.5 Å². The second-order valence-electron chi connectivity index (χ2n) is 7.13. The number of aldehydes is 1. The minimum Gasteiger partial charge on any atom is -0.345 e. The van der Waals surface area contributed by atoms with Gasteiger partial charge in [-0.2, -0.15) is 23.5 Å². The standard InChI is InChI=1S/C22H32N2O4S2/c1-16(26)23-20(10-12-30-3)22(28)24-19(9-11-29-2)21(27)14-18(15-25)13-17-7-5-4-6-8-17/h4-8,15,18-20H,9-14H2,1-3H3,(H,23,26)(H,24,28)/t18-,19+,20+/m1/s1. The van der Waals surface area contributed by atoms with Gasteiger partial charge in [0.25, 0.3) is 0 Å². The van der Waals surface area contributed by atoms with E-state index in [4.69, 9.17) is 0 Å². The minimum absolute atomic E-state index is 0.0767. The summed E-state index contributed by atoms with van der Waals surface area (Å²) in [5.74, 6) is 0.188. The second-order valence-corrected chi connectivity index (χ2v) is 9.10. The lowest BCUT2D eigenvalue weighted by Crippen LogP contribution is -2.51. The van der Waals surface area contributed by atoms with Crippen molar-refractivity contribution < 1.29 is 19.2 Å². The van der Waals surface area contributed by atoms with Crippen molar-refractivity contribution in [1.29, 1.82) is 0 Å². The van der Waals surface area contributed by atoms with E-state index in [-0.39, 0.29) is 24.0 Å². The Hall–Kier alpha value is -1.80. The van der Waals surface area contributed by atoms with Crippen LogP contribution < -0.4 is 10.6 Å². The molecule has 0 aliphatic rings. The molecule has 2 N–H and O–H groups in total. The Balaban J connectivity index is 2.81. The highest BCUT2D eigenvalue weighted by atomic mass is 32.2. The summed E-state index contributed by atoms with van der Waals surface area (Å²) >= 11 is 3.17. The second kappa shape index (κ2) is 15.1. The Morgan fingerprint density at radius 1 is 0.967 bits per heavy atom. The molecular formula is C22H32N2O4S2. The van der Waals surface area contributed by atoms with Gasteiger partial charge < -0.3 is 15.4 Å². The number of hydrogen-bond donors (Lipinski definition) is 2. The first-order chi connectivity index (χ1) is 14.4. The fourth-order valence-electron chi connectivity index (χ4n) is 3.06.